The van der Waals surface area contributed by atoms with Crippen molar-refractivity contribution in [3.05, 3.63) is 59.7 Å². The molecule has 0 aliphatic carbocycles. The number of rotatable bonds is 4. The number of aryl methyl sites for hydroxylation is 1. The number of hydrogen-bond acceptors (Lipinski definition) is 2. The maximum Gasteiger partial charge on any atom is 0.268 e. The Morgan fingerprint density at radius 1 is 1.12 bits per heavy atom. The molecule has 3 nitrogen and oxygen atoms in total. The summed E-state index contributed by atoms with van der Waals surface area (Å²) >= 11 is 0. The molecule has 26 heavy (non-hydrogen) atoms. The number of amides is 1. The van der Waals surface area contributed by atoms with Crippen LogP contribution in [0.2, 0.25) is 0 Å². The third kappa shape index (κ3) is 3.92. The maximum absolute atomic E-state index is 13.1. The summed E-state index contributed by atoms with van der Waals surface area (Å²) in [5.74, 6) is 0.808. The molecule has 1 aliphatic heterocycles. The molecule has 2 aromatic carbocycles. The van der Waals surface area contributed by atoms with E-state index in [1.54, 1.807) is 0 Å². The fraction of sp³-hybridized carbons (Fsp3) is 0.435. The van der Waals surface area contributed by atoms with Crippen LogP contribution in [0.1, 0.15) is 51.7 Å². The second kappa shape index (κ2) is 7.53. The molecule has 1 atom stereocenters. The van der Waals surface area contributed by atoms with Gasteiger partial charge in [-0.25, -0.2) is 0 Å². The summed E-state index contributed by atoms with van der Waals surface area (Å²) in [4.78, 5) is 15.0. The number of carbonyl (C=O) groups excluding carboxylic acids is 1. The number of fused-ring (bicyclic) bond motifs is 1. The van der Waals surface area contributed by atoms with Crippen molar-refractivity contribution in [2.45, 2.75) is 58.5 Å². The van der Waals surface area contributed by atoms with Gasteiger partial charge in [0, 0.05) is 12.2 Å². The third-order valence-electron chi connectivity index (χ3n) is 5.02. The molecule has 1 unspecified atom stereocenters. The standard InChI is InChI=1S/C23H29NO2/c1-5-21(26-19-14-12-18(13-15-19)23(2,3)4)22(25)24-16-8-10-17-9-6-7-11-20(17)24/h6-7,9,11-15,21H,5,8,10,16H2,1-4H3. The van der Waals surface area contributed by atoms with E-state index in [1.165, 1.54) is 11.1 Å². The van der Waals surface area contributed by atoms with Crippen LogP contribution in [0.25, 0.3) is 0 Å². The Kier molecular flexibility index (Phi) is 5.36. The third-order valence-corrected chi connectivity index (χ3v) is 5.02. The second-order valence-corrected chi connectivity index (χ2v) is 8.01. The van der Waals surface area contributed by atoms with Crippen molar-refractivity contribution in [2.75, 3.05) is 11.4 Å². The molecule has 1 aliphatic rings. The van der Waals surface area contributed by atoms with E-state index in [0.717, 1.165) is 30.8 Å². The molecule has 0 radical (unpaired) electrons. The first-order valence-corrected chi connectivity index (χ1v) is 9.56. The van der Waals surface area contributed by atoms with E-state index in [2.05, 4.69) is 39.0 Å². The molecule has 2 aromatic rings. The molecule has 0 fully saturated rings. The molecule has 0 aromatic heterocycles. The highest BCUT2D eigenvalue weighted by Gasteiger charge is 2.29. The van der Waals surface area contributed by atoms with Crippen LogP contribution < -0.4 is 9.64 Å². The highest BCUT2D eigenvalue weighted by molar-refractivity contribution is 5.97. The van der Waals surface area contributed by atoms with Crippen LogP contribution in [0, 0.1) is 0 Å². The number of para-hydroxylation sites is 1. The van der Waals surface area contributed by atoms with E-state index in [-0.39, 0.29) is 11.3 Å². The number of hydrogen-bond donors (Lipinski definition) is 0. The van der Waals surface area contributed by atoms with E-state index < -0.39 is 6.10 Å². The van der Waals surface area contributed by atoms with Gasteiger partial charge in [-0.2, -0.15) is 0 Å². The molecule has 138 valence electrons. The van der Waals surface area contributed by atoms with Gasteiger partial charge in [0.05, 0.1) is 0 Å². The van der Waals surface area contributed by atoms with Gasteiger partial charge >= 0.3 is 0 Å². The Hall–Kier alpha value is -2.29. The number of ether oxygens (including phenoxy) is 1. The van der Waals surface area contributed by atoms with E-state index in [9.17, 15) is 4.79 Å². The first kappa shape index (κ1) is 18.5. The minimum Gasteiger partial charge on any atom is -0.481 e. The summed E-state index contributed by atoms with van der Waals surface area (Å²) in [6.45, 7) is 9.33. The summed E-state index contributed by atoms with van der Waals surface area (Å²) in [6.07, 6.45) is 2.23. The van der Waals surface area contributed by atoms with Crippen molar-refractivity contribution < 1.29 is 9.53 Å². The minimum absolute atomic E-state index is 0.0551. The Morgan fingerprint density at radius 2 is 1.81 bits per heavy atom. The Balaban J connectivity index is 1.76. The lowest BCUT2D eigenvalue weighted by Gasteiger charge is -2.32. The molecule has 0 bridgehead atoms. The lowest BCUT2D eigenvalue weighted by atomic mass is 9.87. The van der Waals surface area contributed by atoms with E-state index >= 15 is 0 Å². The zero-order valence-corrected chi connectivity index (χ0v) is 16.3. The zero-order valence-electron chi connectivity index (χ0n) is 16.3. The zero-order chi connectivity index (χ0) is 18.7. The molecule has 3 heteroatoms. The van der Waals surface area contributed by atoms with Gasteiger partial charge in [-0.05, 0) is 54.0 Å². The van der Waals surface area contributed by atoms with Crippen molar-refractivity contribution in [3.8, 4) is 5.75 Å². The molecule has 0 saturated heterocycles. The number of carbonyl (C=O) groups is 1. The van der Waals surface area contributed by atoms with Crippen LogP contribution in [-0.4, -0.2) is 18.6 Å². The Labute approximate surface area is 157 Å². The van der Waals surface area contributed by atoms with Gasteiger partial charge in [0.2, 0.25) is 0 Å². The van der Waals surface area contributed by atoms with Crippen molar-refractivity contribution in [1.82, 2.24) is 0 Å². The van der Waals surface area contributed by atoms with E-state index in [4.69, 9.17) is 4.74 Å². The van der Waals surface area contributed by atoms with Crippen LogP contribution in [0.5, 0.6) is 5.75 Å². The monoisotopic (exact) mass is 351 g/mol. The highest BCUT2D eigenvalue weighted by atomic mass is 16.5. The molecule has 3 rings (SSSR count). The van der Waals surface area contributed by atoms with Gasteiger partial charge in [0.15, 0.2) is 6.10 Å². The summed E-state index contributed by atoms with van der Waals surface area (Å²) in [7, 11) is 0. The first-order chi connectivity index (χ1) is 12.4. The molecule has 0 N–H and O–H groups in total. The normalized spacial score (nSPS) is 15.3. The van der Waals surface area contributed by atoms with Crippen LogP contribution in [0.3, 0.4) is 0 Å². The van der Waals surface area contributed by atoms with Crippen molar-refractivity contribution >= 4 is 11.6 Å². The highest BCUT2D eigenvalue weighted by Crippen LogP contribution is 2.29. The second-order valence-electron chi connectivity index (χ2n) is 8.01. The van der Waals surface area contributed by atoms with Gasteiger partial charge in [-0.1, -0.05) is 58.0 Å². The molecule has 0 spiro atoms. The predicted octanol–water partition coefficient (Wildman–Crippen LogP) is 5.12. The SMILES string of the molecule is CCC(Oc1ccc(C(C)(C)C)cc1)C(=O)N1CCCc2ccccc21. The van der Waals surface area contributed by atoms with E-state index in [0.29, 0.717) is 6.42 Å². The van der Waals surface area contributed by atoms with Crippen molar-refractivity contribution in [2.24, 2.45) is 0 Å². The lowest BCUT2D eigenvalue weighted by Crippen LogP contribution is -2.44. The summed E-state index contributed by atoms with van der Waals surface area (Å²) in [6, 6.07) is 16.3. The molecular formula is C23H29NO2. The average molecular weight is 351 g/mol. The smallest absolute Gasteiger partial charge is 0.268 e. The molecular weight excluding hydrogens is 322 g/mol. The van der Waals surface area contributed by atoms with Crippen molar-refractivity contribution in [1.29, 1.82) is 0 Å². The molecule has 0 saturated carbocycles. The van der Waals surface area contributed by atoms with Crippen molar-refractivity contribution in [3.63, 3.8) is 0 Å². The fourth-order valence-electron chi connectivity index (χ4n) is 3.44. The predicted molar refractivity (Wildman–Crippen MR) is 107 cm³/mol. The first-order valence-electron chi connectivity index (χ1n) is 9.56. The summed E-state index contributed by atoms with van der Waals surface area (Å²) in [5.41, 5.74) is 3.65. The molecule has 1 heterocycles. The number of benzene rings is 2. The van der Waals surface area contributed by atoms with Crippen LogP contribution in [0.4, 0.5) is 5.69 Å². The Bertz CT molecular complexity index is 759. The van der Waals surface area contributed by atoms with Gasteiger partial charge in [-0.3, -0.25) is 4.79 Å². The Morgan fingerprint density at radius 3 is 2.46 bits per heavy atom. The van der Waals surface area contributed by atoms with Gasteiger partial charge < -0.3 is 9.64 Å². The fourth-order valence-corrected chi connectivity index (χ4v) is 3.44. The number of anilines is 1. The van der Waals surface area contributed by atoms with Gasteiger partial charge in [-0.15, -0.1) is 0 Å². The van der Waals surface area contributed by atoms with E-state index in [1.807, 2.05) is 42.2 Å². The van der Waals surface area contributed by atoms with Crippen LogP contribution in [-0.2, 0) is 16.6 Å². The summed E-state index contributed by atoms with van der Waals surface area (Å²) in [5, 5.41) is 0. The topological polar surface area (TPSA) is 29.5 Å². The largest absolute Gasteiger partial charge is 0.481 e. The molecule has 1 amide bonds. The number of nitrogens with zero attached hydrogens (tertiary/aromatic N) is 1. The minimum atomic E-state index is -0.457. The quantitative estimate of drug-likeness (QED) is 0.765. The van der Waals surface area contributed by atoms with Crippen LogP contribution in [0.15, 0.2) is 48.5 Å². The van der Waals surface area contributed by atoms with Crippen LogP contribution >= 0.6 is 0 Å². The average Bonchev–Trinajstić information content (AvgIpc) is 2.64. The maximum atomic E-state index is 13.1. The van der Waals surface area contributed by atoms with Gasteiger partial charge in [0.25, 0.3) is 5.91 Å². The lowest BCUT2D eigenvalue weighted by molar-refractivity contribution is -0.125. The van der Waals surface area contributed by atoms with Gasteiger partial charge in [0.1, 0.15) is 5.75 Å². The summed E-state index contributed by atoms with van der Waals surface area (Å²) < 4.78 is 6.07.